The van der Waals surface area contributed by atoms with E-state index in [1.54, 1.807) is 7.11 Å². The molecular weight excluding hydrogens is 322 g/mol. The summed E-state index contributed by atoms with van der Waals surface area (Å²) in [5.74, 6) is 0.834. The van der Waals surface area contributed by atoms with Crippen LogP contribution in [0.4, 0.5) is 0 Å². The molecule has 0 amide bonds. The number of aryl methyl sites for hydroxylation is 1. The maximum Gasteiger partial charge on any atom is 0.119 e. The lowest BCUT2D eigenvalue weighted by Crippen LogP contribution is -1.89. The lowest BCUT2D eigenvalue weighted by molar-refractivity contribution is 0.415. The summed E-state index contributed by atoms with van der Waals surface area (Å²) in [6, 6.07) is 5.84. The Morgan fingerprint density at radius 1 is 1.20 bits per heavy atom. The van der Waals surface area contributed by atoms with Crippen LogP contribution in [-0.2, 0) is 0 Å². The van der Waals surface area contributed by atoms with E-state index >= 15 is 0 Å². The van der Waals surface area contributed by atoms with E-state index in [1.807, 2.05) is 25.1 Å². The van der Waals surface area contributed by atoms with Gasteiger partial charge in [0.1, 0.15) is 5.75 Å². The average Bonchev–Trinajstić information content (AvgIpc) is 2.26. The van der Waals surface area contributed by atoms with Crippen LogP contribution in [0.5, 0.6) is 5.75 Å². The predicted molar refractivity (Wildman–Crippen MR) is 68.4 cm³/mol. The molecule has 15 heavy (non-hydrogen) atoms. The molecule has 0 saturated heterocycles. The molecule has 0 unspecified atom stereocenters. The Kier molecular flexibility index (Phi) is 2.98. The molecule has 1 heterocycles. The van der Waals surface area contributed by atoms with Gasteiger partial charge in [-0.05, 0) is 57.0 Å². The summed E-state index contributed by atoms with van der Waals surface area (Å²) >= 11 is 7.05. The fourth-order valence-electron chi connectivity index (χ4n) is 1.42. The molecule has 0 saturated carbocycles. The zero-order chi connectivity index (χ0) is 11.0. The molecule has 2 nitrogen and oxygen atoms in total. The Balaban J connectivity index is 2.81. The lowest BCUT2D eigenvalue weighted by Gasteiger charge is -2.07. The molecule has 78 valence electrons. The number of pyridine rings is 1. The van der Waals surface area contributed by atoms with Crippen molar-refractivity contribution in [3.8, 4) is 5.75 Å². The normalized spacial score (nSPS) is 10.7. The Bertz CT molecular complexity index is 525. The van der Waals surface area contributed by atoms with Crippen LogP contribution in [-0.4, -0.2) is 12.1 Å². The fourth-order valence-corrected chi connectivity index (χ4v) is 2.33. The molecule has 0 atom stereocenters. The standard InChI is InChI=1S/C11H9Br2NO/c1-6-10(12)11(13)8-5-7(15-2)3-4-9(8)14-6/h3-5H,1-2H3. The second kappa shape index (κ2) is 4.10. The highest BCUT2D eigenvalue weighted by atomic mass is 79.9. The lowest BCUT2D eigenvalue weighted by atomic mass is 10.2. The highest BCUT2D eigenvalue weighted by molar-refractivity contribution is 9.13. The third-order valence-corrected chi connectivity index (χ3v) is 4.56. The molecule has 0 fully saturated rings. The summed E-state index contributed by atoms with van der Waals surface area (Å²) in [7, 11) is 1.66. The van der Waals surface area contributed by atoms with Crippen molar-refractivity contribution in [2.24, 2.45) is 0 Å². The first-order valence-electron chi connectivity index (χ1n) is 4.43. The monoisotopic (exact) mass is 329 g/mol. The minimum Gasteiger partial charge on any atom is -0.497 e. The maximum atomic E-state index is 5.18. The van der Waals surface area contributed by atoms with Crippen molar-refractivity contribution in [2.45, 2.75) is 6.92 Å². The molecule has 0 aliphatic carbocycles. The Hall–Kier alpha value is -0.610. The number of methoxy groups -OCH3 is 1. The smallest absolute Gasteiger partial charge is 0.119 e. The minimum atomic E-state index is 0.834. The van der Waals surface area contributed by atoms with E-state index in [4.69, 9.17) is 4.74 Å². The SMILES string of the molecule is COc1ccc2nc(C)c(Br)c(Br)c2c1. The molecule has 1 aromatic carbocycles. The zero-order valence-corrected chi connectivity index (χ0v) is 11.5. The van der Waals surface area contributed by atoms with Gasteiger partial charge in [0, 0.05) is 9.86 Å². The summed E-state index contributed by atoms with van der Waals surface area (Å²) in [5.41, 5.74) is 1.93. The summed E-state index contributed by atoms with van der Waals surface area (Å²) in [6.07, 6.45) is 0. The van der Waals surface area contributed by atoms with E-state index in [-0.39, 0.29) is 0 Å². The number of aromatic nitrogens is 1. The molecule has 0 spiro atoms. The van der Waals surface area contributed by atoms with Gasteiger partial charge in [0.05, 0.1) is 22.8 Å². The van der Waals surface area contributed by atoms with Crippen molar-refractivity contribution in [1.29, 1.82) is 0 Å². The third kappa shape index (κ3) is 1.88. The molecule has 0 aliphatic rings. The van der Waals surface area contributed by atoms with Crippen LogP contribution in [0.25, 0.3) is 10.9 Å². The molecule has 0 bridgehead atoms. The van der Waals surface area contributed by atoms with Gasteiger partial charge in [0.25, 0.3) is 0 Å². The van der Waals surface area contributed by atoms with Crippen LogP contribution in [0.15, 0.2) is 27.1 Å². The number of nitrogens with zero attached hydrogens (tertiary/aromatic N) is 1. The average molecular weight is 331 g/mol. The second-order valence-electron chi connectivity index (χ2n) is 3.21. The highest BCUT2D eigenvalue weighted by Gasteiger charge is 2.08. The third-order valence-electron chi connectivity index (χ3n) is 2.24. The van der Waals surface area contributed by atoms with Gasteiger partial charge in [-0.3, -0.25) is 4.98 Å². The largest absolute Gasteiger partial charge is 0.497 e. The molecule has 0 aliphatic heterocycles. The maximum absolute atomic E-state index is 5.18. The number of halogens is 2. The van der Waals surface area contributed by atoms with Gasteiger partial charge in [-0.25, -0.2) is 0 Å². The van der Waals surface area contributed by atoms with Gasteiger partial charge in [0.15, 0.2) is 0 Å². The van der Waals surface area contributed by atoms with Crippen molar-refractivity contribution in [3.63, 3.8) is 0 Å². The van der Waals surface area contributed by atoms with Crippen LogP contribution >= 0.6 is 31.9 Å². The predicted octanol–water partition coefficient (Wildman–Crippen LogP) is 4.08. The first-order valence-corrected chi connectivity index (χ1v) is 6.01. The molecular formula is C11H9Br2NO. The molecule has 2 aromatic rings. The summed E-state index contributed by atoms with van der Waals surface area (Å²) in [4.78, 5) is 4.48. The van der Waals surface area contributed by atoms with Gasteiger partial charge >= 0.3 is 0 Å². The number of fused-ring (bicyclic) bond motifs is 1. The van der Waals surface area contributed by atoms with Crippen LogP contribution in [0.2, 0.25) is 0 Å². The summed E-state index contributed by atoms with van der Waals surface area (Å²) in [6.45, 7) is 1.97. The number of rotatable bonds is 1. The van der Waals surface area contributed by atoms with E-state index in [1.165, 1.54) is 0 Å². The topological polar surface area (TPSA) is 22.1 Å². The van der Waals surface area contributed by atoms with E-state index in [0.717, 1.165) is 31.3 Å². The number of hydrogen-bond donors (Lipinski definition) is 0. The van der Waals surface area contributed by atoms with Crippen molar-refractivity contribution in [1.82, 2.24) is 4.98 Å². The van der Waals surface area contributed by atoms with Gasteiger partial charge in [-0.1, -0.05) is 0 Å². The highest BCUT2D eigenvalue weighted by Crippen LogP contribution is 2.34. The number of benzene rings is 1. The Labute approximate surface area is 105 Å². The zero-order valence-electron chi connectivity index (χ0n) is 8.34. The van der Waals surface area contributed by atoms with Crippen molar-refractivity contribution >= 4 is 42.8 Å². The fraction of sp³-hybridized carbons (Fsp3) is 0.182. The molecule has 1 aromatic heterocycles. The molecule has 2 rings (SSSR count). The Morgan fingerprint density at radius 2 is 1.93 bits per heavy atom. The second-order valence-corrected chi connectivity index (χ2v) is 4.79. The first kappa shape index (κ1) is 10.9. The van der Waals surface area contributed by atoms with Crippen molar-refractivity contribution in [2.75, 3.05) is 7.11 Å². The van der Waals surface area contributed by atoms with Crippen LogP contribution in [0.1, 0.15) is 5.69 Å². The van der Waals surface area contributed by atoms with Gasteiger partial charge < -0.3 is 4.74 Å². The van der Waals surface area contributed by atoms with Gasteiger partial charge in [-0.15, -0.1) is 0 Å². The van der Waals surface area contributed by atoms with Crippen molar-refractivity contribution < 1.29 is 4.74 Å². The van der Waals surface area contributed by atoms with Crippen LogP contribution in [0.3, 0.4) is 0 Å². The van der Waals surface area contributed by atoms with E-state index in [0.29, 0.717) is 0 Å². The molecule has 0 radical (unpaired) electrons. The number of hydrogen-bond acceptors (Lipinski definition) is 2. The Morgan fingerprint density at radius 3 is 2.60 bits per heavy atom. The first-order chi connectivity index (χ1) is 7.13. The van der Waals surface area contributed by atoms with Crippen LogP contribution < -0.4 is 4.74 Å². The summed E-state index contributed by atoms with van der Waals surface area (Å²) < 4.78 is 7.19. The quantitative estimate of drug-likeness (QED) is 0.786. The molecule has 0 N–H and O–H groups in total. The van der Waals surface area contributed by atoms with Crippen LogP contribution in [0, 0.1) is 6.92 Å². The van der Waals surface area contributed by atoms with Crippen molar-refractivity contribution in [3.05, 3.63) is 32.8 Å². The minimum absolute atomic E-state index is 0.834. The van der Waals surface area contributed by atoms with Gasteiger partial charge in [-0.2, -0.15) is 0 Å². The van der Waals surface area contributed by atoms with E-state index in [2.05, 4.69) is 36.8 Å². The molecule has 4 heteroatoms. The van der Waals surface area contributed by atoms with E-state index < -0.39 is 0 Å². The number of ether oxygens (including phenoxy) is 1. The van der Waals surface area contributed by atoms with Gasteiger partial charge in [0.2, 0.25) is 0 Å². The summed E-state index contributed by atoms with van der Waals surface area (Å²) in [5, 5.41) is 1.05. The van der Waals surface area contributed by atoms with E-state index in [9.17, 15) is 0 Å².